The first-order valence-electron chi connectivity index (χ1n) is 2.67. The Morgan fingerprint density at radius 3 is 2.50 bits per heavy atom. The van der Waals surface area contributed by atoms with Gasteiger partial charge in [-0.2, -0.15) is 8.42 Å². The van der Waals surface area contributed by atoms with Crippen molar-refractivity contribution in [3.8, 4) is 0 Å². The quantitative estimate of drug-likeness (QED) is 0.450. The summed E-state index contributed by atoms with van der Waals surface area (Å²) in [7, 11) is -2.10. The highest BCUT2D eigenvalue weighted by Gasteiger charge is 2.08. The molecule has 0 aliphatic heterocycles. The van der Waals surface area contributed by atoms with Crippen LogP contribution in [0.1, 0.15) is 0 Å². The Kier molecular flexibility index (Phi) is 2.45. The summed E-state index contributed by atoms with van der Waals surface area (Å²) in [6.45, 7) is 0. The molecule has 10 heavy (non-hydrogen) atoms. The molecule has 54 valence electrons. The zero-order chi connectivity index (χ0) is 7.56. The predicted molar refractivity (Wildman–Crippen MR) is 44.9 cm³/mol. The van der Waals surface area contributed by atoms with Gasteiger partial charge in [-0.25, -0.2) is 0 Å². The third-order valence-electron chi connectivity index (χ3n) is 1.12. The van der Waals surface area contributed by atoms with Crippen LogP contribution in [0.2, 0.25) is 0 Å². The average molecular weight is 221 g/mol. The van der Waals surface area contributed by atoms with E-state index in [-0.39, 0.29) is 4.83 Å². The number of hydrogen-bond donors (Lipinski definition) is 0. The second-order valence-electron chi connectivity index (χ2n) is 1.78. The van der Waals surface area contributed by atoms with E-state index in [9.17, 15) is 8.42 Å². The molecule has 2 nitrogen and oxygen atoms in total. The standard InChI is InChI=1S/C6H5BrO2S/c7-5-3-1-2-4-6(5)10(8)9/h1-5H. The molecule has 1 aliphatic rings. The lowest BCUT2D eigenvalue weighted by atomic mass is 10.2. The Hall–Kier alpha value is -0.350. The van der Waals surface area contributed by atoms with E-state index in [2.05, 4.69) is 15.9 Å². The van der Waals surface area contributed by atoms with Crippen LogP contribution in [0, 0.1) is 0 Å². The second-order valence-corrected chi connectivity index (χ2v) is 3.71. The maximum absolute atomic E-state index is 10.4. The smallest absolute Gasteiger partial charge is 0.184 e. The van der Waals surface area contributed by atoms with E-state index in [0.717, 1.165) is 0 Å². The van der Waals surface area contributed by atoms with Crippen molar-refractivity contribution in [1.29, 1.82) is 0 Å². The molecule has 0 spiro atoms. The molecule has 0 saturated heterocycles. The third-order valence-corrected chi connectivity index (χ3v) is 2.99. The maximum Gasteiger partial charge on any atom is 0.218 e. The Bertz CT molecular complexity index is 303. The molecule has 1 atom stereocenters. The summed E-state index contributed by atoms with van der Waals surface area (Å²) in [4.78, 5) is 0.221. The van der Waals surface area contributed by atoms with Crippen LogP contribution in [0.3, 0.4) is 0 Å². The lowest BCUT2D eigenvalue weighted by Gasteiger charge is -2.02. The minimum Gasteiger partial charge on any atom is -0.184 e. The number of halogens is 1. The van der Waals surface area contributed by atoms with E-state index in [4.69, 9.17) is 0 Å². The molecule has 0 radical (unpaired) electrons. The van der Waals surface area contributed by atoms with Crippen molar-refractivity contribution in [1.82, 2.24) is 0 Å². The fourth-order valence-corrected chi connectivity index (χ4v) is 1.89. The van der Waals surface area contributed by atoms with Crippen molar-refractivity contribution in [3.05, 3.63) is 24.3 Å². The minimum atomic E-state index is -2.10. The fraction of sp³-hybridized carbons (Fsp3) is 0.167. The normalized spacial score (nSPS) is 23.3. The molecule has 0 aromatic carbocycles. The van der Waals surface area contributed by atoms with Crippen LogP contribution < -0.4 is 0 Å². The predicted octanol–water partition coefficient (Wildman–Crippen LogP) is 0.927. The van der Waals surface area contributed by atoms with E-state index in [1.165, 1.54) is 0 Å². The first-order valence-corrected chi connectivity index (χ1v) is 4.66. The fourth-order valence-electron chi connectivity index (χ4n) is 0.646. The monoisotopic (exact) mass is 220 g/mol. The first-order chi connectivity index (χ1) is 4.72. The third kappa shape index (κ3) is 1.58. The van der Waals surface area contributed by atoms with Crippen LogP contribution in [-0.4, -0.2) is 18.1 Å². The van der Waals surface area contributed by atoms with E-state index < -0.39 is 10.3 Å². The zero-order valence-electron chi connectivity index (χ0n) is 4.99. The molecule has 0 N–H and O–H groups in total. The highest BCUT2D eigenvalue weighted by Crippen LogP contribution is 2.08. The first kappa shape index (κ1) is 7.75. The van der Waals surface area contributed by atoms with E-state index in [0.29, 0.717) is 4.86 Å². The zero-order valence-corrected chi connectivity index (χ0v) is 7.39. The molecule has 0 saturated carbocycles. The van der Waals surface area contributed by atoms with E-state index >= 15 is 0 Å². The molecule has 0 aromatic rings. The largest absolute Gasteiger partial charge is 0.218 e. The summed E-state index contributed by atoms with van der Waals surface area (Å²) in [5.74, 6) is 0. The van der Waals surface area contributed by atoms with Crippen LogP contribution in [0.15, 0.2) is 24.3 Å². The Morgan fingerprint density at radius 2 is 2.10 bits per heavy atom. The average Bonchev–Trinajstić information content (AvgIpc) is 1.88. The topological polar surface area (TPSA) is 34.1 Å². The molecule has 1 aliphatic carbocycles. The maximum atomic E-state index is 10.4. The van der Waals surface area contributed by atoms with Crippen molar-refractivity contribution in [2.24, 2.45) is 0 Å². The summed E-state index contributed by atoms with van der Waals surface area (Å²) in [5, 5.41) is 0. The number of alkyl halides is 1. The van der Waals surface area contributed by atoms with Gasteiger partial charge in [-0.3, -0.25) is 0 Å². The summed E-state index contributed by atoms with van der Waals surface area (Å²) in [5.41, 5.74) is 0. The second kappa shape index (κ2) is 3.16. The Labute approximate surface area is 68.9 Å². The van der Waals surface area contributed by atoms with Gasteiger partial charge in [-0.05, 0) is 6.08 Å². The number of rotatable bonds is 0. The van der Waals surface area contributed by atoms with Crippen molar-refractivity contribution in [2.75, 3.05) is 0 Å². The van der Waals surface area contributed by atoms with Crippen LogP contribution in [0.4, 0.5) is 0 Å². The molecular weight excluding hydrogens is 216 g/mol. The van der Waals surface area contributed by atoms with E-state index in [1.54, 1.807) is 24.3 Å². The van der Waals surface area contributed by atoms with Crippen LogP contribution in [0.5, 0.6) is 0 Å². The molecule has 0 fully saturated rings. The molecule has 4 heteroatoms. The van der Waals surface area contributed by atoms with Crippen molar-refractivity contribution < 1.29 is 8.42 Å². The highest BCUT2D eigenvalue weighted by molar-refractivity contribution is 9.10. The molecule has 1 rings (SSSR count). The molecule has 0 aromatic heterocycles. The van der Waals surface area contributed by atoms with Gasteiger partial charge in [0, 0.05) is 0 Å². The summed E-state index contributed by atoms with van der Waals surface area (Å²) >= 11 is 3.19. The van der Waals surface area contributed by atoms with Crippen LogP contribution in [0.25, 0.3) is 0 Å². The molecule has 0 heterocycles. The molecule has 1 unspecified atom stereocenters. The van der Waals surface area contributed by atoms with Gasteiger partial charge >= 0.3 is 0 Å². The van der Waals surface area contributed by atoms with E-state index in [1.807, 2.05) is 0 Å². The summed E-state index contributed by atoms with van der Waals surface area (Å²) < 4.78 is 20.8. The number of hydrogen-bond acceptors (Lipinski definition) is 2. The molecule has 0 bridgehead atoms. The van der Waals surface area contributed by atoms with Crippen LogP contribution in [-0.2, 0) is 10.3 Å². The Morgan fingerprint density at radius 1 is 1.40 bits per heavy atom. The SMILES string of the molecule is O=S(=O)=C1C=CC=CC1Br. The van der Waals surface area contributed by atoms with Crippen molar-refractivity contribution in [3.63, 3.8) is 0 Å². The summed E-state index contributed by atoms with van der Waals surface area (Å²) in [6.07, 6.45) is 6.84. The van der Waals surface area contributed by atoms with Gasteiger partial charge in [0.25, 0.3) is 0 Å². The van der Waals surface area contributed by atoms with Gasteiger partial charge in [-0.1, -0.05) is 34.2 Å². The van der Waals surface area contributed by atoms with Crippen molar-refractivity contribution in [2.45, 2.75) is 4.83 Å². The van der Waals surface area contributed by atoms with Crippen molar-refractivity contribution >= 4 is 31.1 Å². The lowest BCUT2D eigenvalue weighted by Crippen LogP contribution is -2.11. The molecular formula is C6H5BrO2S. The van der Waals surface area contributed by atoms with Gasteiger partial charge in [0.15, 0.2) is 0 Å². The van der Waals surface area contributed by atoms with Gasteiger partial charge < -0.3 is 0 Å². The highest BCUT2D eigenvalue weighted by atomic mass is 79.9. The molecule has 0 amide bonds. The lowest BCUT2D eigenvalue weighted by molar-refractivity contribution is 0.627. The minimum absolute atomic E-state index is 0.157. The van der Waals surface area contributed by atoms with Gasteiger partial charge in [0.1, 0.15) is 0 Å². The van der Waals surface area contributed by atoms with Crippen LogP contribution >= 0.6 is 15.9 Å². The number of allylic oxidation sites excluding steroid dienone is 4. The van der Waals surface area contributed by atoms with Gasteiger partial charge in [-0.15, -0.1) is 0 Å². The van der Waals surface area contributed by atoms with Gasteiger partial charge in [0.05, 0.1) is 9.69 Å². The van der Waals surface area contributed by atoms with Gasteiger partial charge in [0.2, 0.25) is 10.3 Å². The summed E-state index contributed by atoms with van der Waals surface area (Å²) in [6, 6.07) is 0. The Balaban J connectivity index is 3.15.